The lowest BCUT2D eigenvalue weighted by Crippen LogP contribution is -2.00. The van der Waals surface area contributed by atoms with E-state index in [0.717, 1.165) is 16.9 Å². The summed E-state index contributed by atoms with van der Waals surface area (Å²) in [6.07, 6.45) is 2.82. The van der Waals surface area contributed by atoms with Crippen LogP contribution in [0.3, 0.4) is 0 Å². The van der Waals surface area contributed by atoms with Crippen molar-refractivity contribution in [3.63, 3.8) is 0 Å². The maximum Gasteiger partial charge on any atom is 0.280 e. The highest BCUT2D eigenvalue weighted by Gasteiger charge is 2.14. The molecule has 19 heavy (non-hydrogen) atoms. The van der Waals surface area contributed by atoms with Crippen molar-refractivity contribution in [2.24, 2.45) is 0 Å². The fraction of sp³-hybridized carbons (Fsp3) is 0.250. The van der Waals surface area contributed by atoms with Crippen LogP contribution in [0.5, 0.6) is 5.75 Å². The van der Waals surface area contributed by atoms with E-state index >= 15 is 0 Å². The van der Waals surface area contributed by atoms with Crippen molar-refractivity contribution < 1.29 is 13.2 Å². The molecule has 0 radical (unpaired) electrons. The van der Waals surface area contributed by atoms with Crippen LogP contribution in [-0.2, 0) is 15.6 Å². The van der Waals surface area contributed by atoms with Gasteiger partial charge in [0.05, 0.1) is 20.0 Å². The average Bonchev–Trinajstić information content (AvgIpc) is 2.77. The molecule has 0 aliphatic carbocycles. The van der Waals surface area contributed by atoms with E-state index in [0.29, 0.717) is 6.54 Å². The summed E-state index contributed by atoms with van der Waals surface area (Å²) < 4.78 is 29.2. The van der Waals surface area contributed by atoms with E-state index in [2.05, 4.69) is 4.98 Å². The molecule has 0 aliphatic rings. The quantitative estimate of drug-likeness (QED) is 0.812. The van der Waals surface area contributed by atoms with Gasteiger partial charge in [0.2, 0.25) is 0 Å². The van der Waals surface area contributed by atoms with Crippen LogP contribution >= 0.6 is 10.7 Å². The second kappa shape index (κ2) is 5.22. The lowest BCUT2D eigenvalue weighted by Gasteiger charge is -2.09. The Balaban J connectivity index is 2.31. The molecular formula is C12H13ClN2O3S. The summed E-state index contributed by atoms with van der Waals surface area (Å²) in [6.45, 7) is 2.44. The zero-order valence-corrected chi connectivity index (χ0v) is 12.1. The summed E-state index contributed by atoms with van der Waals surface area (Å²) >= 11 is 0. The summed E-state index contributed by atoms with van der Waals surface area (Å²) in [5.74, 6) is 0.745. The van der Waals surface area contributed by atoms with Crippen LogP contribution in [0, 0.1) is 6.92 Å². The molecule has 5 nitrogen and oxygen atoms in total. The molecule has 1 aromatic carbocycles. The number of hydrogen-bond donors (Lipinski definition) is 0. The van der Waals surface area contributed by atoms with Crippen molar-refractivity contribution in [2.45, 2.75) is 18.5 Å². The number of hydrogen-bond acceptors (Lipinski definition) is 4. The van der Waals surface area contributed by atoms with Crippen molar-refractivity contribution in [1.82, 2.24) is 9.55 Å². The van der Waals surface area contributed by atoms with Gasteiger partial charge in [-0.2, -0.15) is 0 Å². The molecule has 0 fully saturated rings. The smallest absolute Gasteiger partial charge is 0.280 e. The molecule has 0 amide bonds. The minimum atomic E-state index is -3.79. The molecule has 1 heterocycles. The van der Waals surface area contributed by atoms with Crippen LogP contribution in [-0.4, -0.2) is 25.1 Å². The highest BCUT2D eigenvalue weighted by atomic mass is 35.7. The van der Waals surface area contributed by atoms with Crippen molar-refractivity contribution in [3.05, 3.63) is 41.9 Å². The zero-order chi connectivity index (χ0) is 14.0. The minimum Gasteiger partial charge on any atom is -0.496 e. The summed E-state index contributed by atoms with van der Waals surface area (Å²) in [5, 5.41) is -0.152. The van der Waals surface area contributed by atoms with Gasteiger partial charge < -0.3 is 9.30 Å². The number of rotatable bonds is 4. The number of nitrogens with zero attached hydrogens (tertiary/aromatic N) is 2. The van der Waals surface area contributed by atoms with Crippen LogP contribution in [0.25, 0.3) is 0 Å². The Labute approximate surface area is 116 Å². The summed E-state index contributed by atoms with van der Waals surface area (Å²) in [7, 11) is 3.04. The van der Waals surface area contributed by atoms with Crippen molar-refractivity contribution in [2.75, 3.05) is 7.11 Å². The second-order valence-electron chi connectivity index (χ2n) is 4.14. The molecular weight excluding hydrogens is 288 g/mol. The van der Waals surface area contributed by atoms with Gasteiger partial charge in [-0.25, -0.2) is 13.4 Å². The number of ether oxygens (including phenoxy) is 1. The van der Waals surface area contributed by atoms with Crippen molar-refractivity contribution in [1.29, 1.82) is 0 Å². The zero-order valence-electron chi connectivity index (χ0n) is 10.5. The Kier molecular flexibility index (Phi) is 3.82. The third-order valence-corrected chi connectivity index (χ3v) is 3.83. The van der Waals surface area contributed by atoms with Crippen LogP contribution in [0.15, 0.2) is 35.7 Å². The van der Waals surface area contributed by atoms with E-state index in [1.165, 1.54) is 12.5 Å². The van der Waals surface area contributed by atoms with E-state index < -0.39 is 9.05 Å². The van der Waals surface area contributed by atoms with Gasteiger partial charge in [0.15, 0.2) is 5.03 Å². The highest BCUT2D eigenvalue weighted by molar-refractivity contribution is 8.13. The molecule has 0 atom stereocenters. The van der Waals surface area contributed by atoms with Gasteiger partial charge in [-0.3, -0.25) is 0 Å². The predicted molar refractivity (Wildman–Crippen MR) is 72.1 cm³/mol. The van der Waals surface area contributed by atoms with Gasteiger partial charge in [0.25, 0.3) is 9.05 Å². The number of benzene rings is 1. The van der Waals surface area contributed by atoms with Gasteiger partial charge >= 0.3 is 0 Å². The Bertz CT molecular complexity index is 695. The van der Waals surface area contributed by atoms with E-state index in [1.807, 2.05) is 25.1 Å². The molecule has 2 aromatic rings. The van der Waals surface area contributed by atoms with Crippen LogP contribution in [0.1, 0.15) is 11.1 Å². The van der Waals surface area contributed by atoms with Gasteiger partial charge in [-0.1, -0.05) is 17.7 Å². The minimum absolute atomic E-state index is 0.152. The largest absolute Gasteiger partial charge is 0.496 e. The lowest BCUT2D eigenvalue weighted by atomic mass is 10.1. The Morgan fingerprint density at radius 3 is 2.74 bits per heavy atom. The first-order valence-electron chi connectivity index (χ1n) is 5.50. The number of halogens is 1. The number of imidazole rings is 1. The third kappa shape index (κ3) is 3.27. The Morgan fingerprint density at radius 2 is 2.16 bits per heavy atom. The van der Waals surface area contributed by atoms with E-state index in [1.54, 1.807) is 11.7 Å². The molecule has 0 unspecified atom stereocenters. The number of methoxy groups -OCH3 is 1. The standard InChI is InChI=1S/C12H13ClN2O3S/c1-9-3-4-11(18-2)10(5-9)6-15-7-12(14-8-15)19(13,16)17/h3-5,7-8H,6H2,1-2H3. The SMILES string of the molecule is COc1ccc(C)cc1Cn1cnc(S(=O)(=O)Cl)c1. The summed E-state index contributed by atoms with van der Waals surface area (Å²) in [5.41, 5.74) is 2.04. The topological polar surface area (TPSA) is 61.2 Å². The van der Waals surface area contributed by atoms with Gasteiger partial charge in [-0.15, -0.1) is 0 Å². The first-order chi connectivity index (χ1) is 8.90. The maximum atomic E-state index is 11.1. The molecule has 0 spiro atoms. The molecule has 0 N–H and O–H groups in total. The van der Waals surface area contributed by atoms with E-state index in [4.69, 9.17) is 15.4 Å². The van der Waals surface area contributed by atoms with Gasteiger partial charge in [0.1, 0.15) is 5.75 Å². The maximum absolute atomic E-state index is 11.1. The van der Waals surface area contributed by atoms with Crippen LogP contribution in [0.4, 0.5) is 0 Å². The van der Waals surface area contributed by atoms with Crippen LogP contribution < -0.4 is 4.74 Å². The number of aromatic nitrogens is 2. The summed E-state index contributed by atoms with van der Waals surface area (Å²) in [4.78, 5) is 3.76. The van der Waals surface area contributed by atoms with Gasteiger partial charge in [0, 0.05) is 22.4 Å². The highest BCUT2D eigenvalue weighted by Crippen LogP contribution is 2.21. The molecule has 7 heteroatoms. The molecule has 2 rings (SSSR count). The molecule has 0 aliphatic heterocycles. The number of aryl methyl sites for hydroxylation is 1. The van der Waals surface area contributed by atoms with Crippen molar-refractivity contribution >= 4 is 19.7 Å². The molecule has 0 saturated carbocycles. The first kappa shape index (κ1) is 13.9. The second-order valence-corrected chi connectivity index (χ2v) is 6.65. The molecule has 0 bridgehead atoms. The lowest BCUT2D eigenvalue weighted by molar-refractivity contribution is 0.408. The summed E-state index contributed by atoms with van der Waals surface area (Å²) in [6, 6.07) is 5.80. The first-order valence-corrected chi connectivity index (χ1v) is 7.81. The predicted octanol–water partition coefficient (Wildman–Crippen LogP) is 2.18. The average molecular weight is 301 g/mol. The Morgan fingerprint density at radius 1 is 1.42 bits per heavy atom. The van der Waals surface area contributed by atoms with Crippen molar-refractivity contribution in [3.8, 4) is 5.75 Å². The Hall–Kier alpha value is -1.53. The molecule has 102 valence electrons. The molecule has 1 aromatic heterocycles. The van der Waals surface area contributed by atoms with Gasteiger partial charge in [-0.05, 0) is 13.0 Å². The van der Waals surface area contributed by atoms with Crippen LogP contribution in [0.2, 0.25) is 0 Å². The van der Waals surface area contributed by atoms with E-state index in [9.17, 15) is 8.42 Å². The monoisotopic (exact) mass is 300 g/mol. The molecule has 0 saturated heterocycles. The third-order valence-electron chi connectivity index (χ3n) is 2.65. The normalized spacial score (nSPS) is 11.5. The fourth-order valence-corrected chi connectivity index (χ4v) is 2.45. The van der Waals surface area contributed by atoms with E-state index in [-0.39, 0.29) is 5.03 Å². The fourth-order valence-electron chi connectivity index (χ4n) is 1.78.